The van der Waals surface area contributed by atoms with E-state index in [1.54, 1.807) is 0 Å². The second-order valence-corrected chi connectivity index (χ2v) is 4.24. The van der Waals surface area contributed by atoms with Gasteiger partial charge in [0.1, 0.15) is 0 Å². The zero-order valence-corrected chi connectivity index (χ0v) is 7.62. The topological polar surface area (TPSA) is 26.0 Å². The average Bonchev–Trinajstić information content (AvgIpc) is 2.53. The Hall–Kier alpha value is -0.820. The second kappa shape index (κ2) is 2.33. The Bertz CT molecular complexity index is 276. The molecule has 1 aromatic rings. The van der Waals surface area contributed by atoms with Crippen LogP contribution >= 0.6 is 0 Å². The molecule has 0 bridgehead atoms. The fourth-order valence-corrected chi connectivity index (χ4v) is 1.97. The third-order valence-corrected chi connectivity index (χ3v) is 3.07. The lowest BCUT2D eigenvalue weighted by Gasteiger charge is -2.01. The van der Waals surface area contributed by atoms with Crippen molar-refractivity contribution in [2.45, 2.75) is 25.8 Å². The van der Waals surface area contributed by atoms with Gasteiger partial charge in [-0.3, -0.25) is 0 Å². The predicted molar refractivity (Wildman–Crippen MR) is 50.9 cm³/mol. The molecule has 0 aromatic heterocycles. The summed E-state index contributed by atoms with van der Waals surface area (Å²) in [4.78, 5) is 0. The molecule has 0 spiro atoms. The number of hydrogen-bond donors (Lipinski definition) is 1. The van der Waals surface area contributed by atoms with Gasteiger partial charge in [-0.25, -0.2) is 0 Å². The molecule has 0 saturated heterocycles. The van der Waals surface area contributed by atoms with Crippen molar-refractivity contribution in [1.82, 2.24) is 0 Å². The van der Waals surface area contributed by atoms with Gasteiger partial charge in [0.2, 0.25) is 0 Å². The normalized spacial score (nSPS) is 31.6. The third kappa shape index (κ3) is 0.969. The summed E-state index contributed by atoms with van der Waals surface area (Å²) >= 11 is 0. The molecule has 1 fully saturated rings. The largest absolute Gasteiger partial charge is 0.327 e. The molecule has 12 heavy (non-hydrogen) atoms. The molecule has 0 heterocycles. The summed E-state index contributed by atoms with van der Waals surface area (Å²) in [5.74, 6) is 0.568. The molecular weight excluding hydrogens is 146 g/mol. The first kappa shape index (κ1) is 7.81. The molecule has 2 atom stereocenters. The van der Waals surface area contributed by atoms with Gasteiger partial charge in [-0.15, -0.1) is 0 Å². The van der Waals surface area contributed by atoms with Gasteiger partial charge in [0, 0.05) is 12.0 Å². The molecule has 0 radical (unpaired) electrons. The molecule has 2 N–H and O–H groups in total. The van der Waals surface area contributed by atoms with Crippen LogP contribution in [-0.4, -0.2) is 6.04 Å². The van der Waals surface area contributed by atoms with Gasteiger partial charge >= 0.3 is 0 Å². The van der Waals surface area contributed by atoms with Crippen molar-refractivity contribution in [3.63, 3.8) is 0 Å². The molecule has 64 valence electrons. The van der Waals surface area contributed by atoms with Crippen LogP contribution in [0.5, 0.6) is 0 Å². The highest BCUT2D eigenvalue weighted by atomic mass is 14.8. The summed E-state index contributed by atoms with van der Waals surface area (Å²) in [5.41, 5.74) is 7.67. The molecular formula is C11H15N. The van der Waals surface area contributed by atoms with E-state index in [4.69, 9.17) is 5.73 Å². The van der Waals surface area contributed by atoms with Gasteiger partial charge in [-0.2, -0.15) is 0 Å². The number of nitrogens with two attached hydrogens (primary N) is 1. The van der Waals surface area contributed by atoms with E-state index in [9.17, 15) is 0 Å². The summed E-state index contributed by atoms with van der Waals surface area (Å²) in [6.07, 6.45) is 0. The van der Waals surface area contributed by atoms with Gasteiger partial charge in [-0.1, -0.05) is 44.2 Å². The van der Waals surface area contributed by atoms with Crippen LogP contribution in [0.3, 0.4) is 0 Å². The number of hydrogen-bond acceptors (Lipinski definition) is 1. The minimum absolute atomic E-state index is 0.307. The summed E-state index contributed by atoms with van der Waals surface area (Å²) in [6.45, 7) is 4.46. The van der Waals surface area contributed by atoms with Gasteiger partial charge in [0.25, 0.3) is 0 Å². The van der Waals surface area contributed by atoms with Gasteiger partial charge in [0.15, 0.2) is 0 Å². The molecule has 2 rings (SSSR count). The molecule has 0 aliphatic heterocycles. The van der Waals surface area contributed by atoms with Crippen LogP contribution in [0.15, 0.2) is 30.3 Å². The highest BCUT2D eigenvalue weighted by Crippen LogP contribution is 2.57. The van der Waals surface area contributed by atoms with Crippen molar-refractivity contribution in [3.8, 4) is 0 Å². The molecule has 1 aromatic carbocycles. The maximum absolute atomic E-state index is 5.98. The van der Waals surface area contributed by atoms with Crippen LogP contribution in [0, 0.1) is 5.41 Å². The standard InChI is InChI=1S/C11H15N/c1-11(2)9(10(11)12)8-6-4-3-5-7-8/h3-7,9-10H,12H2,1-2H3/t9-,10+/m0/s1. The fraction of sp³-hybridized carbons (Fsp3) is 0.455. The van der Waals surface area contributed by atoms with E-state index >= 15 is 0 Å². The Morgan fingerprint density at radius 1 is 1.17 bits per heavy atom. The van der Waals surface area contributed by atoms with Gasteiger partial charge in [-0.05, 0) is 11.0 Å². The Balaban J connectivity index is 2.25. The molecule has 0 amide bonds. The number of rotatable bonds is 1. The SMILES string of the molecule is CC1(C)[C@H](N)[C@@H]1c1ccccc1. The van der Waals surface area contributed by atoms with Crippen LogP contribution in [0.4, 0.5) is 0 Å². The maximum atomic E-state index is 5.98. The Morgan fingerprint density at radius 3 is 2.08 bits per heavy atom. The van der Waals surface area contributed by atoms with Crippen molar-refractivity contribution in [2.24, 2.45) is 11.1 Å². The highest BCUT2D eigenvalue weighted by Gasteiger charge is 2.55. The first-order valence-corrected chi connectivity index (χ1v) is 4.44. The van der Waals surface area contributed by atoms with E-state index in [-0.39, 0.29) is 0 Å². The van der Waals surface area contributed by atoms with Crippen LogP contribution in [0.25, 0.3) is 0 Å². The Morgan fingerprint density at radius 2 is 1.67 bits per heavy atom. The minimum atomic E-state index is 0.307. The molecule has 0 unspecified atom stereocenters. The van der Waals surface area contributed by atoms with E-state index in [0.717, 1.165) is 0 Å². The van der Waals surface area contributed by atoms with Gasteiger partial charge in [0.05, 0.1) is 0 Å². The quantitative estimate of drug-likeness (QED) is 0.671. The first-order chi connectivity index (χ1) is 5.64. The first-order valence-electron chi connectivity index (χ1n) is 4.44. The van der Waals surface area contributed by atoms with E-state index < -0.39 is 0 Å². The Kier molecular flexibility index (Phi) is 1.52. The van der Waals surface area contributed by atoms with E-state index in [0.29, 0.717) is 17.4 Å². The zero-order valence-electron chi connectivity index (χ0n) is 7.62. The highest BCUT2D eigenvalue weighted by molar-refractivity contribution is 5.33. The predicted octanol–water partition coefficient (Wildman–Crippen LogP) is 2.14. The van der Waals surface area contributed by atoms with Crippen LogP contribution in [-0.2, 0) is 0 Å². The third-order valence-electron chi connectivity index (χ3n) is 3.07. The zero-order chi connectivity index (χ0) is 8.77. The summed E-state index contributed by atoms with van der Waals surface area (Å²) in [5, 5.41) is 0. The van der Waals surface area contributed by atoms with Crippen LogP contribution in [0.1, 0.15) is 25.3 Å². The molecule has 1 saturated carbocycles. The van der Waals surface area contributed by atoms with E-state index in [1.165, 1.54) is 5.56 Å². The number of benzene rings is 1. The minimum Gasteiger partial charge on any atom is -0.327 e. The monoisotopic (exact) mass is 161 g/mol. The van der Waals surface area contributed by atoms with Crippen LogP contribution < -0.4 is 5.73 Å². The smallest absolute Gasteiger partial charge is 0.0172 e. The molecule has 1 aliphatic rings. The lowest BCUT2D eigenvalue weighted by molar-refractivity contribution is 0.599. The molecule has 1 nitrogen and oxygen atoms in total. The summed E-state index contributed by atoms with van der Waals surface area (Å²) in [7, 11) is 0. The van der Waals surface area contributed by atoms with E-state index in [1.807, 2.05) is 6.07 Å². The lowest BCUT2D eigenvalue weighted by atomic mass is 10.0. The van der Waals surface area contributed by atoms with Gasteiger partial charge < -0.3 is 5.73 Å². The van der Waals surface area contributed by atoms with Crippen molar-refractivity contribution >= 4 is 0 Å². The fourth-order valence-electron chi connectivity index (χ4n) is 1.97. The van der Waals surface area contributed by atoms with Crippen molar-refractivity contribution in [1.29, 1.82) is 0 Å². The summed E-state index contributed by atoms with van der Waals surface area (Å²) < 4.78 is 0. The van der Waals surface area contributed by atoms with Crippen LogP contribution in [0.2, 0.25) is 0 Å². The van der Waals surface area contributed by atoms with E-state index in [2.05, 4.69) is 38.1 Å². The van der Waals surface area contributed by atoms with Crippen molar-refractivity contribution in [2.75, 3.05) is 0 Å². The summed E-state index contributed by atoms with van der Waals surface area (Å²) in [6, 6.07) is 10.9. The maximum Gasteiger partial charge on any atom is 0.0172 e. The lowest BCUT2D eigenvalue weighted by Crippen LogP contribution is -2.06. The van der Waals surface area contributed by atoms with Crippen molar-refractivity contribution < 1.29 is 0 Å². The average molecular weight is 161 g/mol. The second-order valence-electron chi connectivity index (χ2n) is 4.24. The van der Waals surface area contributed by atoms with Crippen molar-refractivity contribution in [3.05, 3.63) is 35.9 Å². The Labute approximate surface area is 73.6 Å². The molecule has 1 heteroatoms. The molecule has 1 aliphatic carbocycles.